The molecule has 0 unspecified atom stereocenters. The van der Waals surface area contributed by atoms with E-state index in [-0.39, 0.29) is 11.5 Å². The number of imide groups is 2. The van der Waals surface area contributed by atoms with Crippen molar-refractivity contribution in [1.29, 1.82) is 0 Å². The van der Waals surface area contributed by atoms with Crippen molar-refractivity contribution in [1.82, 2.24) is 10.6 Å². The summed E-state index contributed by atoms with van der Waals surface area (Å²) >= 11 is 0. The Kier molecular flexibility index (Phi) is 4.09. The Morgan fingerprint density at radius 3 is 2.16 bits per heavy atom. The van der Waals surface area contributed by atoms with Crippen LogP contribution in [0.5, 0.6) is 0 Å². The van der Waals surface area contributed by atoms with Gasteiger partial charge in [0.2, 0.25) is 0 Å². The normalized spacial score (nSPS) is 28.3. The van der Waals surface area contributed by atoms with Gasteiger partial charge in [-0.05, 0) is 37.7 Å². The van der Waals surface area contributed by atoms with Gasteiger partial charge in [-0.25, -0.2) is 9.18 Å². The first kappa shape index (κ1) is 13.5. The third-order valence-corrected chi connectivity index (χ3v) is 3.29. The first-order valence-corrected chi connectivity index (χ1v) is 6.25. The summed E-state index contributed by atoms with van der Waals surface area (Å²) in [6.45, 7) is 0. The number of carbonyl (C=O) groups is 3. The summed E-state index contributed by atoms with van der Waals surface area (Å²) in [5.41, 5.74) is -0.102. The number of alkyl halides is 1. The average molecular weight is 266 g/mol. The van der Waals surface area contributed by atoms with E-state index in [0.29, 0.717) is 12.8 Å². The molecular weight excluding hydrogens is 251 g/mol. The van der Waals surface area contributed by atoms with Crippen molar-refractivity contribution >= 4 is 17.8 Å². The van der Waals surface area contributed by atoms with Crippen LogP contribution in [0, 0.1) is 5.92 Å². The van der Waals surface area contributed by atoms with Gasteiger partial charge in [-0.15, -0.1) is 0 Å². The minimum atomic E-state index is -0.808. The minimum Gasteiger partial charge on any atom is -0.273 e. The quantitative estimate of drug-likeness (QED) is 0.585. The second kappa shape index (κ2) is 5.77. The van der Waals surface area contributed by atoms with Crippen LogP contribution in [0.25, 0.3) is 0 Å². The highest BCUT2D eigenvalue weighted by molar-refractivity contribution is 6.28. The molecule has 0 aromatic carbocycles. The standard InChI is InChI=1S/C13H15FN2O3/c14-9-6-4-8(5-7-9)2-1-3-10-11(17)15-13(19)16-12(10)18/h1-3,8-9H,4-7H2,(H2,15,16,17,18,19)/b2-1+. The third kappa shape index (κ3) is 3.49. The van der Waals surface area contributed by atoms with Gasteiger partial charge in [0.15, 0.2) is 0 Å². The summed E-state index contributed by atoms with van der Waals surface area (Å²) in [6, 6.07) is -0.808. The molecule has 0 aromatic heterocycles. The van der Waals surface area contributed by atoms with Crippen LogP contribution in [0.3, 0.4) is 0 Å². The van der Waals surface area contributed by atoms with E-state index in [4.69, 9.17) is 0 Å². The lowest BCUT2D eigenvalue weighted by Crippen LogP contribution is -2.51. The molecule has 2 fully saturated rings. The van der Waals surface area contributed by atoms with Gasteiger partial charge in [0.05, 0.1) is 0 Å². The van der Waals surface area contributed by atoms with Crippen LogP contribution in [0.1, 0.15) is 25.7 Å². The molecule has 6 heteroatoms. The fraction of sp³-hybridized carbons (Fsp3) is 0.462. The van der Waals surface area contributed by atoms with E-state index in [1.807, 2.05) is 16.7 Å². The molecule has 2 aliphatic rings. The predicted molar refractivity (Wildman–Crippen MR) is 65.8 cm³/mol. The highest BCUT2D eigenvalue weighted by Gasteiger charge is 2.27. The Balaban J connectivity index is 1.96. The number of rotatable bonds is 2. The fourth-order valence-corrected chi connectivity index (χ4v) is 2.21. The van der Waals surface area contributed by atoms with Gasteiger partial charge in [-0.3, -0.25) is 20.2 Å². The van der Waals surface area contributed by atoms with E-state index in [9.17, 15) is 18.8 Å². The molecule has 19 heavy (non-hydrogen) atoms. The lowest BCUT2D eigenvalue weighted by atomic mass is 9.88. The molecule has 2 rings (SSSR count). The minimum absolute atomic E-state index is 0.102. The largest absolute Gasteiger partial charge is 0.328 e. The number of halogens is 1. The second-order valence-electron chi connectivity index (χ2n) is 4.71. The molecular formula is C13H15FN2O3. The number of barbiturate groups is 1. The zero-order valence-corrected chi connectivity index (χ0v) is 10.3. The summed E-state index contributed by atoms with van der Waals surface area (Å²) in [4.78, 5) is 33.6. The molecule has 5 nitrogen and oxygen atoms in total. The lowest BCUT2D eigenvalue weighted by Gasteiger charge is -2.21. The maximum Gasteiger partial charge on any atom is 0.328 e. The third-order valence-electron chi connectivity index (χ3n) is 3.29. The Labute approximate surface area is 109 Å². The summed E-state index contributed by atoms with van der Waals surface area (Å²) in [7, 11) is 0. The van der Waals surface area contributed by atoms with Gasteiger partial charge in [-0.2, -0.15) is 0 Å². The van der Waals surface area contributed by atoms with Crippen molar-refractivity contribution < 1.29 is 18.8 Å². The highest BCUT2D eigenvalue weighted by atomic mass is 19.1. The number of hydrogen-bond acceptors (Lipinski definition) is 3. The van der Waals surface area contributed by atoms with Gasteiger partial charge in [0, 0.05) is 0 Å². The monoisotopic (exact) mass is 266 g/mol. The highest BCUT2D eigenvalue weighted by Crippen LogP contribution is 2.27. The van der Waals surface area contributed by atoms with Gasteiger partial charge < -0.3 is 0 Å². The fourth-order valence-electron chi connectivity index (χ4n) is 2.21. The Morgan fingerprint density at radius 2 is 1.58 bits per heavy atom. The van der Waals surface area contributed by atoms with Crippen molar-refractivity contribution in [2.45, 2.75) is 31.9 Å². The Hall–Kier alpha value is -1.98. The number of hydrogen-bond donors (Lipinski definition) is 2. The van der Waals surface area contributed by atoms with Gasteiger partial charge in [0.1, 0.15) is 11.7 Å². The summed E-state index contributed by atoms with van der Waals surface area (Å²) in [5, 5.41) is 3.98. The summed E-state index contributed by atoms with van der Waals surface area (Å²) < 4.78 is 12.9. The Bertz CT molecular complexity index is 441. The summed E-state index contributed by atoms with van der Waals surface area (Å²) in [6.07, 6.45) is 6.82. The first-order chi connectivity index (χ1) is 9.06. The average Bonchev–Trinajstić information content (AvgIpc) is 2.34. The molecule has 0 spiro atoms. The van der Waals surface area contributed by atoms with E-state index in [0.717, 1.165) is 12.8 Å². The summed E-state index contributed by atoms with van der Waals surface area (Å²) in [5.74, 6) is -1.13. The molecule has 1 saturated carbocycles. The van der Waals surface area contributed by atoms with Crippen LogP contribution < -0.4 is 10.6 Å². The van der Waals surface area contributed by atoms with E-state index < -0.39 is 24.0 Å². The molecule has 0 aromatic rings. The van der Waals surface area contributed by atoms with Crippen LogP contribution in [0.15, 0.2) is 23.8 Å². The zero-order chi connectivity index (χ0) is 13.8. The van der Waals surface area contributed by atoms with E-state index in [1.165, 1.54) is 6.08 Å². The molecule has 1 aliphatic carbocycles. The van der Waals surface area contributed by atoms with Crippen molar-refractivity contribution in [3.63, 3.8) is 0 Å². The number of amides is 4. The number of carbonyl (C=O) groups excluding carboxylic acids is 3. The lowest BCUT2D eigenvalue weighted by molar-refractivity contribution is -0.124. The molecule has 1 heterocycles. The van der Waals surface area contributed by atoms with Crippen LogP contribution in [-0.4, -0.2) is 24.0 Å². The van der Waals surface area contributed by atoms with Gasteiger partial charge in [0.25, 0.3) is 11.8 Å². The topological polar surface area (TPSA) is 75.3 Å². The van der Waals surface area contributed by atoms with Crippen LogP contribution in [0.2, 0.25) is 0 Å². The van der Waals surface area contributed by atoms with Gasteiger partial charge in [-0.1, -0.05) is 12.2 Å². The predicted octanol–water partition coefficient (Wildman–Crippen LogP) is 1.36. The van der Waals surface area contributed by atoms with Crippen LogP contribution in [0.4, 0.5) is 9.18 Å². The molecule has 1 aliphatic heterocycles. The zero-order valence-electron chi connectivity index (χ0n) is 10.3. The smallest absolute Gasteiger partial charge is 0.273 e. The maximum absolute atomic E-state index is 12.9. The van der Waals surface area contributed by atoms with Crippen molar-refractivity contribution in [2.75, 3.05) is 0 Å². The van der Waals surface area contributed by atoms with Crippen molar-refractivity contribution in [3.05, 3.63) is 23.8 Å². The molecule has 102 valence electrons. The number of nitrogens with one attached hydrogen (secondary N) is 2. The SMILES string of the molecule is O=C1NC(=O)C(=C/C=C/C2CCC(F)CC2)C(=O)N1. The second-order valence-corrected chi connectivity index (χ2v) is 4.71. The molecule has 0 bridgehead atoms. The first-order valence-electron chi connectivity index (χ1n) is 6.25. The Morgan fingerprint density at radius 1 is 1.00 bits per heavy atom. The molecule has 2 N–H and O–H groups in total. The molecule has 0 atom stereocenters. The van der Waals surface area contributed by atoms with E-state index in [1.54, 1.807) is 6.08 Å². The van der Waals surface area contributed by atoms with E-state index in [2.05, 4.69) is 0 Å². The molecule has 4 amide bonds. The van der Waals surface area contributed by atoms with E-state index >= 15 is 0 Å². The van der Waals surface area contributed by atoms with Crippen molar-refractivity contribution in [2.24, 2.45) is 5.92 Å². The van der Waals surface area contributed by atoms with Crippen LogP contribution in [-0.2, 0) is 9.59 Å². The van der Waals surface area contributed by atoms with Crippen molar-refractivity contribution in [3.8, 4) is 0 Å². The number of urea groups is 1. The number of allylic oxidation sites excluding steroid dienone is 3. The van der Waals surface area contributed by atoms with Gasteiger partial charge >= 0.3 is 6.03 Å². The van der Waals surface area contributed by atoms with Crippen LogP contribution >= 0.6 is 0 Å². The molecule has 1 saturated heterocycles. The molecule has 0 radical (unpaired) electrons. The maximum atomic E-state index is 12.9.